The molecule has 1 aromatic rings. The average Bonchev–Trinajstić information content (AvgIpc) is 2.40. The first-order valence-electron chi connectivity index (χ1n) is 7.56. The molecule has 0 aromatic heterocycles. The summed E-state index contributed by atoms with van der Waals surface area (Å²) in [6.45, 7) is 13.1. The normalized spacial score (nSPS) is 16.0. The molecule has 1 aliphatic rings. The number of aryl methyl sites for hydroxylation is 2. The van der Waals surface area contributed by atoms with Crippen molar-refractivity contribution in [3.05, 3.63) is 29.3 Å². The summed E-state index contributed by atoms with van der Waals surface area (Å²) in [6.07, 6.45) is -0.205. The Hall–Kier alpha value is -1.71. The van der Waals surface area contributed by atoms with Crippen molar-refractivity contribution < 1.29 is 9.53 Å². The molecule has 0 spiro atoms. The molecule has 0 saturated carbocycles. The minimum atomic E-state index is -0.429. The van der Waals surface area contributed by atoms with Crippen LogP contribution in [0, 0.1) is 13.8 Å². The summed E-state index contributed by atoms with van der Waals surface area (Å²) >= 11 is 0. The van der Waals surface area contributed by atoms with Gasteiger partial charge in [-0.25, -0.2) is 4.79 Å². The van der Waals surface area contributed by atoms with Crippen LogP contribution in [-0.4, -0.2) is 42.8 Å². The number of carbonyl (C=O) groups is 1. The Kier molecular flexibility index (Phi) is 4.45. The van der Waals surface area contributed by atoms with Crippen LogP contribution < -0.4 is 4.90 Å². The van der Waals surface area contributed by atoms with E-state index in [4.69, 9.17) is 4.74 Å². The molecule has 0 N–H and O–H groups in total. The van der Waals surface area contributed by atoms with Gasteiger partial charge in [-0.15, -0.1) is 0 Å². The monoisotopic (exact) mass is 290 g/mol. The molecular weight excluding hydrogens is 264 g/mol. The fourth-order valence-electron chi connectivity index (χ4n) is 2.52. The van der Waals surface area contributed by atoms with Gasteiger partial charge in [0.15, 0.2) is 0 Å². The number of rotatable bonds is 1. The van der Waals surface area contributed by atoms with E-state index in [9.17, 15) is 4.79 Å². The molecule has 21 heavy (non-hydrogen) atoms. The van der Waals surface area contributed by atoms with E-state index >= 15 is 0 Å². The lowest BCUT2D eigenvalue weighted by molar-refractivity contribution is 0.0240. The number of ether oxygens (including phenoxy) is 1. The van der Waals surface area contributed by atoms with Gasteiger partial charge in [0.2, 0.25) is 0 Å². The molecular formula is C17H26N2O2. The SMILES string of the molecule is Cc1ccc(C)c(N2CCN(C(=O)OC(C)(C)C)CC2)c1. The van der Waals surface area contributed by atoms with Gasteiger partial charge < -0.3 is 14.5 Å². The minimum absolute atomic E-state index is 0.205. The Morgan fingerprint density at radius 1 is 1.10 bits per heavy atom. The van der Waals surface area contributed by atoms with Gasteiger partial charge in [-0.3, -0.25) is 0 Å². The van der Waals surface area contributed by atoms with Gasteiger partial charge >= 0.3 is 6.09 Å². The fourth-order valence-corrected chi connectivity index (χ4v) is 2.52. The van der Waals surface area contributed by atoms with Crippen molar-refractivity contribution in [3.8, 4) is 0 Å². The molecule has 4 heteroatoms. The maximum absolute atomic E-state index is 12.1. The van der Waals surface area contributed by atoms with Crippen LogP contribution in [0.4, 0.5) is 10.5 Å². The first kappa shape index (κ1) is 15.7. The molecule has 1 saturated heterocycles. The molecule has 4 nitrogen and oxygen atoms in total. The number of hydrogen-bond donors (Lipinski definition) is 0. The van der Waals surface area contributed by atoms with Crippen molar-refractivity contribution in [2.24, 2.45) is 0 Å². The summed E-state index contributed by atoms with van der Waals surface area (Å²) in [5.74, 6) is 0. The largest absolute Gasteiger partial charge is 0.444 e. The third kappa shape index (κ3) is 4.13. The third-order valence-corrected chi connectivity index (χ3v) is 3.64. The Balaban J connectivity index is 1.97. The lowest BCUT2D eigenvalue weighted by atomic mass is 10.1. The number of hydrogen-bond acceptors (Lipinski definition) is 3. The van der Waals surface area contributed by atoms with E-state index < -0.39 is 5.60 Å². The van der Waals surface area contributed by atoms with Gasteiger partial charge in [-0.2, -0.15) is 0 Å². The van der Waals surface area contributed by atoms with Gasteiger partial charge in [-0.1, -0.05) is 12.1 Å². The lowest BCUT2D eigenvalue weighted by Crippen LogP contribution is -2.50. The molecule has 1 aromatic carbocycles. The van der Waals surface area contributed by atoms with Gasteiger partial charge in [0.05, 0.1) is 0 Å². The van der Waals surface area contributed by atoms with Crippen LogP contribution in [0.2, 0.25) is 0 Å². The highest BCUT2D eigenvalue weighted by molar-refractivity contribution is 5.68. The summed E-state index contributed by atoms with van der Waals surface area (Å²) in [5.41, 5.74) is 3.40. The molecule has 1 heterocycles. The molecule has 116 valence electrons. The summed E-state index contributed by atoms with van der Waals surface area (Å²) < 4.78 is 5.43. The van der Waals surface area contributed by atoms with Crippen LogP contribution in [0.5, 0.6) is 0 Å². The summed E-state index contributed by atoms with van der Waals surface area (Å²) in [4.78, 5) is 16.2. The molecule has 1 fully saturated rings. The lowest BCUT2D eigenvalue weighted by Gasteiger charge is -2.37. The van der Waals surface area contributed by atoms with Crippen molar-refractivity contribution in [1.29, 1.82) is 0 Å². The van der Waals surface area contributed by atoms with Crippen molar-refractivity contribution >= 4 is 11.8 Å². The van der Waals surface area contributed by atoms with Crippen molar-refractivity contribution in [2.45, 2.75) is 40.2 Å². The third-order valence-electron chi connectivity index (χ3n) is 3.64. The van der Waals surface area contributed by atoms with Gasteiger partial charge in [0.25, 0.3) is 0 Å². The molecule has 1 amide bonds. The van der Waals surface area contributed by atoms with E-state index in [2.05, 4.69) is 36.9 Å². The number of piperazine rings is 1. The van der Waals surface area contributed by atoms with Gasteiger partial charge in [-0.05, 0) is 51.8 Å². The first-order valence-corrected chi connectivity index (χ1v) is 7.56. The van der Waals surface area contributed by atoms with Crippen LogP contribution in [0.15, 0.2) is 18.2 Å². The van der Waals surface area contributed by atoms with Gasteiger partial charge in [0.1, 0.15) is 5.60 Å². The molecule has 0 atom stereocenters. The van der Waals surface area contributed by atoms with Crippen LogP contribution >= 0.6 is 0 Å². The minimum Gasteiger partial charge on any atom is -0.444 e. The highest BCUT2D eigenvalue weighted by Gasteiger charge is 2.26. The van der Waals surface area contributed by atoms with Crippen LogP contribution in [0.25, 0.3) is 0 Å². The highest BCUT2D eigenvalue weighted by Crippen LogP contribution is 2.23. The Morgan fingerprint density at radius 2 is 1.71 bits per heavy atom. The average molecular weight is 290 g/mol. The smallest absolute Gasteiger partial charge is 0.410 e. The molecule has 0 unspecified atom stereocenters. The highest BCUT2D eigenvalue weighted by atomic mass is 16.6. The molecule has 0 aliphatic carbocycles. The summed E-state index contributed by atoms with van der Waals surface area (Å²) in [6, 6.07) is 6.51. The van der Waals surface area contributed by atoms with E-state index in [1.54, 1.807) is 4.90 Å². The van der Waals surface area contributed by atoms with Crippen molar-refractivity contribution in [1.82, 2.24) is 4.90 Å². The number of anilines is 1. The first-order chi connectivity index (χ1) is 9.76. The van der Waals surface area contributed by atoms with Crippen LogP contribution in [0.3, 0.4) is 0 Å². The zero-order valence-corrected chi connectivity index (χ0v) is 13.8. The molecule has 0 radical (unpaired) electrons. The number of amides is 1. The predicted octanol–water partition coefficient (Wildman–Crippen LogP) is 3.36. The number of nitrogens with zero attached hydrogens (tertiary/aromatic N) is 2. The number of benzene rings is 1. The maximum atomic E-state index is 12.1. The second-order valence-electron chi connectivity index (χ2n) is 6.74. The van der Waals surface area contributed by atoms with Gasteiger partial charge in [0, 0.05) is 31.9 Å². The van der Waals surface area contributed by atoms with E-state index in [0.29, 0.717) is 13.1 Å². The quantitative estimate of drug-likeness (QED) is 0.795. The maximum Gasteiger partial charge on any atom is 0.410 e. The Bertz CT molecular complexity index is 512. The molecule has 2 rings (SSSR count). The van der Waals surface area contributed by atoms with E-state index in [0.717, 1.165) is 13.1 Å². The zero-order chi connectivity index (χ0) is 15.6. The van der Waals surface area contributed by atoms with Crippen molar-refractivity contribution in [2.75, 3.05) is 31.1 Å². The van der Waals surface area contributed by atoms with E-state index in [1.807, 2.05) is 20.8 Å². The Labute approximate surface area is 127 Å². The standard InChI is InChI=1S/C17H26N2O2/c1-13-6-7-14(2)15(12-13)18-8-10-19(11-9-18)16(20)21-17(3,4)5/h6-7,12H,8-11H2,1-5H3. The molecule has 0 bridgehead atoms. The zero-order valence-electron chi connectivity index (χ0n) is 13.8. The van der Waals surface area contributed by atoms with E-state index in [1.165, 1.54) is 16.8 Å². The Morgan fingerprint density at radius 3 is 2.29 bits per heavy atom. The second kappa shape index (κ2) is 5.96. The fraction of sp³-hybridized carbons (Fsp3) is 0.588. The summed E-state index contributed by atoms with van der Waals surface area (Å²) in [7, 11) is 0. The molecule has 1 aliphatic heterocycles. The number of carbonyl (C=O) groups excluding carboxylic acids is 1. The van der Waals surface area contributed by atoms with Crippen molar-refractivity contribution in [3.63, 3.8) is 0 Å². The topological polar surface area (TPSA) is 32.8 Å². The van der Waals surface area contributed by atoms with E-state index in [-0.39, 0.29) is 6.09 Å². The summed E-state index contributed by atoms with van der Waals surface area (Å²) in [5, 5.41) is 0. The predicted molar refractivity (Wildman–Crippen MR) is 85.9 cm³/mol. The second-order valence-corrected chi connectivity index (χ2v) is 6.74. The van der Waals surface area contributed by atoms with Crippen LogP contribution in [0.1, 0.15) is 31.9 Å². The van der Waals surface area contributed by atoms with Crippen LogP contribution in [-0.2, 0) is 4.74 Å².